The molecule has 0 radical (unpaired) electrons. The highest BCUT2D eigenvalue weighted by Gasteiger charge is 2.49. The molecule has 10 heteroatoms. The van der Waals surface area contributed by atoms with Crippen LogP contribution in [0.2, 0.25) is 0 Å². The highest BCUT2D eigenvalue weighted by atomic mass is 16.6. The Bertz CT molecular complexity index is 906. The van der Waals surface area contributed by atoms with Gasteiger partial charge in [0, 0.05) is 17.7 Å². The number of benzene rings is 1. The SMILES string of the molecule is N#C/C(C(=O)NN1C(=O)[C@@H]2CCCC[C@H]2C1=O)=C(/O)c1ccc([N+](=O)[O-])cc1. The van der Waals surface area contributed by atoms with Crippen LogP contribution < -0.4 is 5.43 Å². The summed E-state index contributed by atoms with van der Waals surface area (Å²) in [7, 11) is 0. The average molecular weight is 384 g/mol. The molecule has 1 aliphatic heterocycles. The zero-order valence-electron chi connectivity index (χ0n) is 14.6. The molecule has 28 heavy (non-hydrogen) atoms. The topological polar surface area (TPSA) is 154 Å². The number of non-ortho nitro benzene ring substituents is 1. The predicted octanol–water partition coefficient (Wildman–Crippen LogP) is 1.59. The molecule has 2 aliphatic rings. The number of carbonyl (C=O) groups excluding carboxylic acids is 3. The Hall–Kier alpha value is -3.74. The van der Waals surface area contributed by atoms with Gasteiger partial charge in [0.15, 0.2) is 5.57 Å². The van der Waals surface area contributed by atoms with Crippen molar-refractivity contribution in [2.75, 3.05) is 0 Å². The van der Waals surface area contributed by atoms with E-state index in [-0.39, 0.29) is 11.3 Å². The van der Waals surface area contributed by atoms with Gasteiger partial charge in [0.1, 0.15) is 11.8 Å². The number of fused-ring (bicyclic) bond motifs is 1. The number of carbonyl (C=O) groups is 3. The lowest BCUT2D eigenvalue weighted by molar-refractivity contribution is -0.384. The third kappa shape index (κ3) is 3.29. The molecule has 0 bridgehead atoms. The lowest BCUT2D eigenvalue weighted by atomic mass is 9.81. The molecule has 3 amide bonds. The number of nitro groups is 1. The van der Waals surface area contributed by atoms with Gasteiger partial charge in [-0.25, -0.2) is 0 Å². The zero-order chi connectivity index (χ0) is 20.4. The number of hydrogen-bond donors (Lipinski definition) is 2. The van der Waals surface area contributed by atoms with Crippen molar-refractivity contribution in [2.24, 2.45) is 11.8 Å². The quantitative estimate of drug-likeness (QED) is 0.199. The number of aliphatic hydroxyl groups is 1. The Kier molecular flexibility index (Phi) is 5.08. The first-order valence-electron chi connectivity index (χ1n) is 8.62. The molecule has 0 unspecified atom stereocenters. The van der Waals surface area contributed by atoms with E-state index in [1.807, 2.05) is 0 Å². The summed E-state index contributed by atoms with van der Waals surface area (Å²) in [5.74, 6) is -3.81. The van der Waals surface area contributed by atoms with Gasteiger partial charge < -0.3 is 5.11 Å². The van der Waals surface area contributed by atoms with Crippen LogP contribution in [0, 0.1) is 33.3 Å². The number of imide groups is 1. The van der Waals surface area contributed by atoms with Crippen LogP contribution in [0.1, 0.15) is 31.2 Å². The fourth-order valence-corrected chi connectivity index (χ4v) is 3.53. The fraction of sp³-hybridized carbons (Fsp3) is 0.333. The van der Waals surface area contributed by atoms with Crippen LogP contribution in [0.3, 0.4) is 0 Å². The molecule has 10 nitrogen and oxygen atoms in total. The second-order valence-electron chi connectivity index (χ2n) is 6.59. The van der Waals surface area contributed by atoms with Gasteiger partial charge in [-0.15, -0.1) is 0 Å². The molecular formula is C18H16N4O6. The van der Waals surface area contributed by atoms with E-state index in [9.17, 15) is 34.9 Å². The summed E-state index contributed by atoms with van der Waals surface area (Å²) >= 11 is 0. The Labute approximate surface area is 159 Å². The smallest absolute Gasteiger partial charge is 0.284 e. The van der Waals surface area contributed by atoms with Crippen molar-refractivity contribution >= 4 is 29.2 Å². The number of hydrazine groups is 1. The number of nitro benzene ring substituents is 1. The Morgan fingerprint density at radius 2 is 1.71 bits per heavy atom. The molecule has 0 spiro atoms. The number of aliphatic hydroxyl groups excluding tert-OH is 1. The van der Waals surface area contributed by atoms with Crippen LogP contribution >= 0.6 is 0 Å². The summed E-state index contributed by atoms with van der Waals surface area (Å²) < 4.78 is 0. The van der Waals surface area contributed by atoms with Crippen molar-refractivity contribution in [1.82, 2.24) is 10.4 Å². The van der Waals surface area contributed by atoms with Crippen molar-refractivity contribution in [2.45, 2.75) is 25.7 Å². The van der Waals surface area contributed by atoms with Crippen LogP contribution in [0.4, 0.5) is 5.69 Å². The maximum absolute atomic E-state index is 12.4. The summed E-state index contributed by atoms with van der Waals surface area (Å²) in [6, 6.07) is 6.11. The number of rotatable bonds is 4. The average Bonchev–Trinajstić information content (AvgIpc) is 2.93. The molecule has 144 valence electrons. The highest BCUT2D eigenvalue weighted by Crippen LogP contribution is 2.37. The van der Waals surface area contributed by atoms with Gasteiger partial charge in [-0.05, 0) is 25.0 Å². The Balaban J connectivity index is 1.82. The lowest BCUT2D eigenvalue weighted by Crippen LogP contribution is -2.47. The molecule has 1 aromatic carbocycles. The molecule has 0 aromatic heterocycles. The molecule has 1 saturated heterocycles. The van der Waals surface area contributed by atoms with Gasteiger partial charge in [-0.1, -0.05) is 12.8 Å². The molecule has 1 saturated carbocycles. The van der Waals surface area contributed by atoms with E-state index in [2.05, 4.69) is 5.43 Å². The second-order valence-corrected chi connectivity index (χ2v) is 6.59. The van der Waals surface area contributed by atoms with Crippen LogP contribution in [0.5, 0.6) is 0 Å². The minimum Gasteiger partial charge on any atom is -0.506 e. The van der Waals surface area contributed by atoms with Gasteiger partial charge in [0.25, 0.3) is 23.4 Å². The molecule has 1 aliphatic carbocycles. The van der Waals surface area contributed by atoms with E-state index in [0.717, 1.165) is 25.0 Å². The van der Waals surface area contributed by atoms with Gasteiger partial charge in [0.2, 0.25) is 0 Å². The van der Waals surface area contributed by atoms with Crippen LogP contribution in [-0.4, -0.2) is 32.8 Å². The molecule has 1 heterocycles. The number of hydrogen-bond acceptors (Lipinski definition) is 7. The van der Waals surface area contributed by atoms with E-state index < -0.39 is 45.8 Å². The number of amides is 3. The van der Waals surface area contributed by atoms with Crippen molar-refractivity contribution in [3.05, 3.63) is 45.5 Å². The third-order valence-electron chi connectivity index (χ3n) is 4.98. The summed E-state index contributed by atoms with van der Waals surface area (Å²) in [6.45, 7) is 0. The molecule has 2 N–H and O–H groups in total. The van der Waals surface area contributed by atoms with Crippen LogP contribution in [-0.2, 0) is 14.4 Å². The Morgan fingerprint density at radius 3 is 2.18 bits per heavy atom. The maximum atomic E-state index is 12.4. The summed E-state index contributed by atoms with van der Waals surface area (Å²) in [5, 5.41) is 30.8. The summed E-state index contributed by atoms with van der Waals surface area (Å²) in [4.78, 5) is 47.3. The predicted molar refractivity (Wildman–Crippen MR) is 93.7 cm³/mol. The Morgan fingerprint density at radius 1 is 1.18 bits per heavy atom. The van der Waals surface area contributed by atoms with E-state index in [0.29, 0.717) is 17.9 Å². The molecular weight excluding hydrogens is 368 g/mol. The first kappa shape index (κ1) is 19.0. The second kappa shape index (κ2) is 7.48. The van der Waals surface area contributed by atoms with Gasteiger partial charge in [-0.2, -0.15) is 10.3 Å². The van der Waals surface area contributed by atoms with Crippen molar-refractivity contribution in [1.29, 1.82) is 5.26 Å². The highest BCUT2D eigenvalue weighted by molar-refractivity contribution is 6.10. The molecule has 2 fully saturated rings. The van der Waals surface area contributed by atoms with Gasteiger partial charge >= 0.3 is 0 Å². The van der Waals surface area contributed by atoms with E-state index in [1.54, 1.807) is 0 Å². The molecule has 3 rings (SSSR count). The van der Waals surface area contributed by atoms with Gasteiger partial charge in [-0.3, -0.25) is 29.9 Å². The first-order valence-corrected chi connectivity index (χ1v) is 8.62. The fourth-order valence-electron chi connectivity index (χ4n) is 3.53. The zero-order valence-corrected chi connectivity index (χ0v) is 14.6. The normalized spacial score (nSPS) is 22.2. The minimum absolute atomic E-state index is 0.00467. The van der Waals surface area contributed by atoms with Crippen LogP contribution in [0.25, 0.3) is 5.76 Å². The van der Waals surface area contributed by atoms with Crippen LogP contribution in [0.15, 0.2) is 29.8 Å². The largest absolute Gasteiger partial charge is 0.506 e. The summed E-state index contributed by atoms with van der Waals surface area (Å²) in [5.41, 5.74) is 1.17. The van der Waals surface area contributed by atoms with E-state index in [1.165, 1.54) is 18.2 Å². The van der Waals surface area contributed by atoms with E-state index in [4.69, 9.17) is 0 Å². The van der Waals surface area contributed by atoms with Crippen molar-refractivity contribution in [3.63, 3.8) is 0 Å². The molecule has 1 aromatic rings. The lowest BCUT2D eigenvalue weighted by Gasteiger charge is -2.19. The van der Waals surface area contributed by atoms with Crippen molar-refractivity contribution in [3.8, 4) is 6.07 Å². The number of nitriles is 1. The summed E-state index contributed by atoms with van der Waals surface area (Å²) in [6.07, 6.45) is 2.78. The monoisotopic (exact) mass is 384 g/mol. The number of nitrogens with zero attached hydrogens (tertiary/aromatic N) is 3. The molecule has 2 atom stereocenters. The minimum atomic E-state index is -1.11. The van der Waals surface area contributed by atoms with E-state index >= 15 is 0 Å². The first-order chi connectivity index (χ1) is 13.3. The standard InChI is InChI=1S/C18H16N4O6/c19-9-14(15(23)10-5-7-11(8-6-10)22(27)28)16(24)20-21-17(25)12-3-1-2-4-13(12)18(21)26/h5-8,12-13,23H,1-4H2,(H,20,24)/b15-14-/t12-,13-/m1/s1. The van der Waals surface area contributed by atoms with Crippen molar-refractivity contribution < 1.29 is 24.4 Å². The number of nitrogens with one attached hydrogen (secondary N) is 1. The van der Waals surface area contributed by atoms with Gasteiger partial charge in [0.05, 0.1) is 16.8 Å². The maximum Gasteiger partial charge on any atom is 0.284 e. The third-order valence-corrected chi connectivity index (χ3v) is 4.98.